The summed E-state index contributed by atoms with van der Waals surface area (Å²) in [5, 5.41) is 0. The van der Waals surface area contributed by atoms with Gasteiger partial charge < -0.3 is 9.47 Å². The van der Waals surface area contributed by atoms with E-state index in [2.05, 4.69) is 9.97 Å². The van der Waals surface area contributed by atoms with Crippen LogP contribution in [0.15, 0.2) is 48.9 Å². The number of aryl methyl sites for hydroxylation is 1. The third-order valence-corrected chi connectivity index (χ3v) is 5.36. The van der Waals surface area contributed by atoms with Crippen molar-refractivity contribution in [1.82, 2.24) is 24.4 Å². The number of aromatic nitrogens is 4. The second-order valence-corrected chi connectivity index (χ2v) is 7.01. The molecular formula is C21H23N5O. The third-order valence-electron chi connectivity index (χ3n) is 5.36. The van der Waals surface area contributed by atoms with E-state index in [1.807, 2.05) is 66.2 Å². The maximum atomic E-state index is 12.6. The van der Waals surface area contributed by atoms with Crippen molar-refractivity contribution in [1.29, 1.82) is 0 Å². The summed E-state index contributed by atoms with van der Waals surface area (Å²) in [5.74, 6) is 1.38. The summed E-state index contributed by atoms with van der Waals surface area (Å²) >= 11 is 0. The summed E-state index contributed by atoms with van der Waals surface area (Å²) in [5.41, 5.74) is 3.57. The molecule has 4 rings (SSSR count). The number of hydrogen-bond donors (Lipinski definition) is 0. The van der Waals surface area contributed by atoms with Gasteiger partial charge in [0.25, 0.3) is 5.91 Å². The van der Waals surface area contributed by atoms with Crippen LogP contribution in [0.2, 0.25) is 0 Å². The number of piperidine rings is 1. The summed E-state index contributed by atoms with van der Waals surface area (Å²) < 4.78 is 2.02. The number of carbonyl (C=O) groups is 1. The monoisotopic (exact) mass is 361 g/mol. The second kappa shape index (κ2) is 7.31. The number of rotatable bonds is 3. The van der Waals surface area contributed by atoms with E-state index in [9.17, 15) is 4.79 Å². The molecule has 1 amide bonds. The van der Waals surface area contributed by atoms with E-state index in [4.69, 9.17) is 4.98 Å². The van der Waals surface area contributed by atoms with Crippen molar-refractivity contribution in [3.63, 3.8) is 0 Å². The first kappa shape index (κ1) is 17.4. The minimum atomic E-state index is 0.110. The van der Waals surface area contributed by atoms with Crippen molar-refractivity contribution >= 4 is 5.91 Å². The maximum absolute atomic E-state index is 12.6. The molecule has 3 aromatic rings. The van der Waals surface area contributed by atoms with Crippen LogP contribution in [-0.2, 0) is 7.05 Å². The molecule has 0 spiro atoms. The fourth-order valence-corrected chi connectivity index (χ4v) is 3.58. The van der Waals surface area contributed by atoms with Crippen LogP contribution in [0, 0.1) is 6.92 Å². The Morgan fingerprint density at radius 1 is 1.07 bits per heavy atom. The molecular weight excluding hydrogens is 338 g/mol. The minimum Gasteiger partial charge on any atom is -0.339 e. The van der Waals surface area contributed by atoms with Crippen LogP contribution in [0.3, 0.4) is 0 Å². The zero-order chi connectivity index (χ0) is 18.8. The molecule has 0 bridgehead atoms. The standard InChI is InChI=1S/C21H23N5O/c1-15-23-14-20(25(15)2)19-13-22-12-18(24-19)16-8-10-26(11-9-16)21(27)17-6-4-3-5-7-17/h3-7,12-14,16H,8-11H2,1-2H3. The van der Waals surface area contributed by atoms with Gasteiger partial charge in [0.05, 0.1) is 23.8 Å². The quantitative estimate of drug-likeness (QED) is 0.719. The van der Waals surface area contributed by atoms with Gasteiger partial charge in [0, 0.05) is 37.8 Å². The van der Waals surface area contributed by atoms with Crippen LogP contribution in [0.25, 0.3) is 11.4 Å². The first-order chi connectivity index (χ1) is 13.1. The topological polar surface area (TPSA) is 63.9 Å². The Morgan fingerprint density at radius 3 is 2.48 bits per heavy atom. The van der Waals surface area contributed by atoms with Crippen LogP contribution in [0.4, 0.5) is 0 Å². The predicted molar refractivity (Wildman–Crippen MR) is 103 cm³/mol. The van der Waals surface area contributed by atoms with Crippen LogP contribution in [0.1, 0.15) is 40.6 Å². The van der Waals surface area contributed by atoms with Crippen molar-refractivity contribution in [2.24, 2.45) is 7.05 Å². The predicted octanol–water partition coefficient (Wildman–Crippen LogP) is 3.21. The van der Waals surface area contributed by atoms with Crippen molar-refractivity contribution in [2.75, 3.05) is 13.1 Å². The molecule has 2 aromatic heterocycles. The van der Waals surface area contributed by atoms with E-state index in [1.54, 1.807) is 6.20 Å². The lowest BCUT2D eigenvalue weighted by Crippen LogP contribution is -2.38. The van der Waals surface area contributed by atoms with Crippen LogP contribution in [-0.4, -0.2) is 43.4 Å². The summed E-state index contributed by atoms with van der Waals surface area (Å²) in [6.45, 7) is 3.46. The Kier molecular flexibility index (Phi) is 4.71. The number of hydrogen-bond acceptors (Lipinski definition) is 4. The fraction of sp³-hybridized carbons (Fsp3) is 0.333. The van der Waals surface area contributed by atoms with Gasteiger partial charge in [-0.1, -0.05) is 18.2 Å². The van der Waals surface area contributed by atoms with Gasteiger partial charge in [-0.25, -0.2) is 9.97 Å². The van der Waals surface area contributed by atoms with Gasteiger partial charge in [0.2, 0.25) is 0 Å². The lowest BCUT2D eigenvalue weighted by molar-refractivity contribution is 0.0712. The lowest BCUT2D eigenvalue weighted by Gasteiger charge is -2.31. The summed E-state index contributed by atoms with van der Waals surface area (Å²) in [6, 6.07) is 9.49. The summed E-state index contributed by atoms with van der Waals surface area (Å²) in [7, 11) is 1.99. The second-order valence-electron chi connectivity index (χ2n) is 7.01. The number of likely N-dealkylation sites (tertiary alicyclic amines) is 1. The zero-order valence-corrected chi connectivity index (χ0v) is 15.7. The number of imidazole rings is 1. The Labute approximate surface area is 158 Å². The van der Waals surface area contributed by atoms with Gasteiger partial charge >= 0.3 is 0 Å². The molecule has 0 N–H and O–H groups in total. The van der Waals surface area contributed by atoms with E-state index in [0.717, 1.165) is 54.4 Å². The lowest BCUT2D eigenvalue weighted by atomic mass is 9.93. The van der Waals surface area contributed by atoms with Crippen molar-refractivity contribution in [3.05, 3.63) is 66.0 Å². The Hall–Kier alpha value is -3.02. The number of nitrogens with zero attached hydrogens (tertiary/aromatic N) is 5. The molecule has 1 aliphatic heterocycles. The van der Waals surface area contributed by atoms with Gasteiger partial charge in [0.15, 0.2) is 0 Å². The van der Waals surface area contributed by atoms with Crippen molar-refractivity contribution in [2.45, 2.75) is 25.7 Å². The fourth-order valence-electron chi connectivity index (χ4n) is 3.58. The highest BCUT2D eigenvalue weighted by molar-refractivity contribution is 5.94. The molecule has 3 heterocycles. The Morgan fingerprint density at radius 2 is 1.81 bits per heavy atom. The molecule has 0 aliphatic carbocycles. The molecule has 6 nitrogen and oxygen atoms in total. The van der Waals surface area contributed by atoms with E-state index >= 15 is 0 Å². The molecule has 1 fully saturated rings. The zero-order valence-electron chi connectivity index (χ0n) is 15.7. The molecule has 0 unspecified atom stereocenters. The number of amides is 1. The average molecular weight is 361 g/mol. The van der Waals surface area contributed by atoms with Crippen LogP contribution in [0.5, 0.6) is 0 Å². The molecule has 1 saturated heterocycles. The average Bonchev–Trinajstić information content (AvgIpc) is 3.07. The smallest absolute Gasteiger partial charge is 0.253 e. The molecule has 0 saturated carbocycles. The highest BCUT2D eigenvalue weighted by atomic mass is 16.2. The minimum absolute atomic E-state index is 0.110. The van der Waals surface area contributed by atoms with E-state index in [1.165, 1.54) is 0 Å². The van der Waals surface area contributed by atoms with Crippen LogP contribution >= 0.6 is 0 Å². The highest BCUT2D eigenvalue weighted by Gasteiger charge is 2.25. The Bertz CT molecular complexity index is 942. The van der Waals surface area contributed by atoms with Crippen LogP contribution < -0.4 is 0 Å². The maximum Gasteiger partial charge on any atom is 0.253 e. The normalized spacial score (nSPS) is 15.1. The van der Waals surface area contributed by atoms with Gasteiger partial charge in [-0.15, -0.1) is 0 Å². The third kappa shape index (κ3) is 3.47. The van der Waals surface area contributed by atoms with Crippen molar-refractivity contribution in [3.8, 4) is 11.4 Å². The molecule has 27 heavy (non-hydrogen) atoms. The molecule has 1 aliphatic rings. The van der Waals surface area contributed by atoms with Gasteiger partial charge in [-0.05, 0) is 31.9 Å². The molecule has 138 valence electrons. The molecule has 1 aromatic carbocycles. The van der Waals surface area contributed by atoms with Crippen molar-refractivity contribution < 1.29 is 4.79 Å². The number of benzene rings is 1. The molecule has 0 atom stereocenters. The summed E-state index contributed by atoms with van der Waals surface area (Å²) in [4.78, 5) is 28.1. The highest BCUT2D eigenvalue weighted by Crippen LogP contribution is 2.28. The van der Waals surface area contributed by atoms with Gasteiger partial charge in [-0.2, -0.15) is 0 Å². The molecule has 6 heteroatoms. The van der Waals surface area contributed by atoms with E-state index in [0.29, 0.717) is 5.92 Å². The van der Waals surface area contributed by atoms with Gasteiger partial charge in [-0.3, -0.25) is 9.78 Å². The first-order valence-electron chi connectivity index (χ1n) is 9.28. The molecule has 0 radical (unpaired) electrons. The van der Waals surface area contributed by atoms with E-state index < -0.39 is 0 Å². The largest absolute Gasteiger partial charge is 0.339 e. The summed E-state index contributed by atoms with van der Waals surface area (Å²) in [6.07, 6.45) is 7.28. The SMILES string of the molecule is Cc1ncc(-c2cncc(C3CCN(C(=O)c4ccccc4)CC3)n2)n1C. The van der Waals surface area contributed by atoms with E-state index in [-0.39, 0.29) is 5.91 Å². The van der Waals surface area contributed by atoms with Gasteiger partial charge in [0.1, 0.15) is 11.5 Å². The Balaban J connectivity index is 1.46. The first-order valence-corrected chi connectivity index (χ1v) is 9.28. The number of carbonyl (C=O) groups excluding carboxylic acids is 1.